The first kappa shape index (κ1) is 7.09. The van der Waals surface area contributed by atoms with Crippen molar-refractivity contribution in [1.29, 1.82) is 0 Å². The highest BCUT2D eigenvalue weighted by atomic mass is 16.5. The smallest absolute Gasteiger partial charge is 0.202 e. The van der Waals surface area contributed by atoms with E-state index in [0.29, 0.717) is 10.4 Å². The molecule has 1 heterocycles. The van der Waals surface area contributed by atoms with Crippen LogP contribution in [-0.4, -0.2) is 9.90 Å². The third kappa shape index (κ3) is 0.777. The van der Waals surface area contributed by atoms with Crippen LogP contribution in [0.15, 0.2) is 18.2 Å². The minimum atomic E-state index is 0.623. The van der Waals surface area contributed by atoms with Crippen molar-refractivity contribution < 1.29 is 4.85 Å². The van der Waals surface area contributed by atoms with Crippen molar-refractivity contribution in [3.8, 4) is 0 Å². The van der Waals surface area contributed by atoms with Crippen LogP contribution < -0.4 is 4.85 Å². The van der Waals surface area contributed by atoms with Crippen molar-refractivity contribution in [3.05, 3.63) is 29.0 Å². The number of rotatable bonds is 0. The largest absolute Gasteiger partial charge is 0.691 e. The number of nitrogens with zero attached hydrogens (tertiary/aromatic N) is 3. The van der Waals surface area contributed by atoms with Gasteiger partial charge < -0.3 is 5.21 Å². The molecule has 4 heteroatoms. The Morgan fingerprint density at radius 1 is 1.50 bits per heavy atom. The standard InChI is InChI=1S/C8H9N3O/c1-6-4-3-5-7-8(6)10(2)9-11(7)12/h3-5H,1-2H3. The van der Waals surface area contributed by atoms with E-state index in [1.165, 1.54) is 0 Å². The van der Waals surface area contributed by atoms with E-state index < -0.39 is 0 Å². The molecule has 0 unspecified atom stereocenters. The first-order chi connectivity index (χ1) is 5.70. The SMILES string of the molecule is Cc1cccc2c1n(C)n[n+]2[O-]. The fourth-order valence-corrected chi connectivity index (χ4v) is 1.43. The minimum absolute atomic E-state index is 0.623. The summed E-state index contributed by atoms with van der Waals surface area (Å²) in [7, 11) is 1.77. The van der Waals surface area contributed by atoms with Crippen molar-refractivity contribution in [1.82, 2.24) is 9.90 Å². The van der Waals surface area contributed by atoms with E-state index in [1.807, 2.05) is 19.1 Å². The quantitative estimate of drug-likeness (QED) is 0.419. The van der Waals surface area contributed by atoms with Crippen LogP contribution in [0, 0.1) is 12.1 Å². The summed E-state index contributed by atoms with van der Waals surface area (Å²) in [6.07, 6.45) is 0. The molecule has 62 valence electrons. The summed E-state index contributed by atoms with van der Waals surface area (Å²) in [6, 6.07) is 5.58. The molecule has 0 N–H and O–H groups in total. The lowest BCUT2D eigenvalue weighted by Gasteiger charge is -1.92. The number of fused-ring (bicyclic) bond motifs is 1. The molecule has 0 saturated heterocycles. The molecule has 12 heavy (non-hydrogen) atoms. The number of aromatic nitrogens is 3. The Bertz CT molecular complexity index is 433. The van der Waals surface area contributed by atoms with Gasteiger partial charge in [0.25, 0.3) is 0 Å². The molecule has 2 rings (SSSR count). The lowest BCUT2D eigenvalue weighted by Crippen LogP contribution is -2.29. The van der Waals surface area contributed by atoms with E-state index in [-0.39, 0.29) is 0 Å². The Hall–Kier alpha value is -1.58. The molecular formula is C8H9N3O. The van der Waals surface area contributed by atoms with Gasteiger partial charge in [0, 0.05) is 5.56 Å². The highest BCUT2D eigenvalue weighted by Gasteiger charge is 2.11. The van der Waals surface area contributed by atoms with Crippen molar-refractivity contribution >= 4 is 11.0 Å². The van der Waals surface area contributed by atoms with E-state index in [9.17, 15) is 5.21 Å². The molecule has 0 aliphatic carbocycles. The summed E-state index contributed by atoms with van der Waals surface area (Å²) in [5, 5.41) is 14.9. The van der Waals surface area contributed by atoms with Gasteiger partial charge in [-0.15, -0.1) is 9.53 Å². The topological polar surface area (TPSA) is 44.8 Å². The third-order valence-corrected chi connectivity index (χ3v) is 1.96. The zero-order valence-electron chi connectivity index (χ0n) is 6.98. The van der Waals surface area contributed by atoms with E-state index in [4.69, 9.17) is 0 Å². The van der Waals surface area contributed by atoms with Crippen LogP contribution in [0.3, 0.4) is 0 Å². The lowest BCUT2D eigenvalue weighted by molar-refractivity contribution is -0.646. The predicted octanol–water partition coefficient (Wildman–Crippen LogP) is 0.515. The first-order valence-corrected chi connectivity index (χ1v) is 3.72. The van der Waals surface area contributed by atoms with E-state index >= 15 is 0 Å². The Morgan fingerprint density at radius 3 is 2.92 bits per heavy atom. The van der Waals surface area contributed by atoms with Gasteiger partial charge in [0.15, 0.2) is 0 Å². The van der Waals surface area contributed by atoms with Gasteiger partial charge in [-0.1, -0.05) is 12.1 Å². The fourth-order valence-electron chi connectivity index (χ4n) is 1.43. The van der Waals surface area contributed by atoms with Crippen LogP contribution in [0.1, 0.15) is 5.56 Å². The van der Waals surface area contributed by atoms with E-state index in [1.54, 1.807) is 17.8 Å². The summed E-state index contributed by atoms with van der Waals surface area (Å²) >= 11 is 0. The number of hydrogen-bond acceptors (Lipinski definition) is 2. The van der Waals surface area contributed by atoms with E-state index in [2.05, 4.69) is 5.21 Å². The maximum atomic E-state index is 11.1. The molecule has 4 nitrogen and oxygen atoms in total. The van der Waals surface area contributed by atoms with Crippen molar-refractivity contribution in [2.75, 3.05) is 0 Å². The predicted molar refractivity (Wildman–Crippen MR) is 44.4 cm³/mol. The van der Waals surface area contributed by atoms with Crippen LogP contribution in [0.4, 0.5) is 0 Å². The Kier molecular flexibility index (Phi) is 1.30. The second kappa shape index (κ2) is 2.20. The van der Waals surface area contributed by atoms with Crippen molar-refractivity contribution in [2.24, 2.45) is 7.05 Å². The molecule has 0 amide bonds. The Labute approximate surface area is 69.6 Å². The molecule has 0 radical (unpaired) electrons. The van der Waals surface area contributed by atoms with Gasteiger partial charge in [-0.2, -0.15) is 0 Å². The van der Waals surface area contributed by atoms with Gasteiger partial charge in [-0.25, -0.2) is 0 Å². The van der Waals surface area contributed by atoms with Gasteiger partial charge in [-0.3, -0.25) is 0 Å². The van der Waals surface area contributed by atoms with Crippen LogP contribution in [-0.2, 0) is 7.05 Å². The summed E-state index contributed by atoms with van der Waals surface area (Å²) in [5.74, 6) is 0. The number of aryl methyl sites for hydroxylation is 2. The second-order valence-corrected chi connectivity index (χ2v) is 2.83. The maximum absolute atomic E-state index is 11.1. The van der Waals surface area contributed by atoms with Gasteiger partial charge in [0.05, 0.1) is 5.21 Å². The second-order valence-electron chi connectivity index (χ2n) is 2.83. The average molecular weight is 163 g/mol. The number of para-hydroxylation sites is 1. The minimum Gasteiger partial charge on any atom is -0.691 e. The van der Waals surface area contributed by atoms with Crippen molar-refractivity contribution in [3.63, 3.8) is 0 Å². The highest BCUT2D eigenvalue weighted by Crippen LogP contribution is 2.12. The molecule has 0 aliphatic rings. The van der Waals surface area contributed by atoms with Crippen LogP contribution in [0.25, 0.3) is 11.0 Å². The molecule has 0 bridgehead atoms. The van der Waals surface area contributed by atoms with E-state index in [0.717, 1.165) is 11.1 Å². The summed E-state index contributed by atoms with van der Waals surface area (Å²) in [5.41, 5.74) is 2.59. The van der Waals surface area contributed by atoms with Gasteiger partial charge >= 0.3 is 0 Å². The zero-order valence-corrected chi connectivity index (χ0v) is 6.98. The van der Waals surface area contributed by atoms with Gasteiger partial charge in [-0.05, 0) is 13.0 Å². The molecule has 1 aromatic carbocycles. The monoisotopic (exact) mass is 163 g/mol. The Morgan fingerprint density at radius 2 is 2.25 bits per heavy atom. The fraction of sp³-hybridized carbons (Fsp3) is 0.250. The first-order valence-electron chi connectivity index (χ1n) is 3.72. The molecule has 0 fully saturated rings. The average Bonchev–Trinajstić information content (AvgIpc) is 2.29. The number of hydrogen-bond donors (Lipinski definition) is 0. The molecular weight excluding hydrogens is 154 g/mol. The molecule has 1 aromatic heterocycles. The zero-order chi connectivity index (χ0) is 8.72. The normalized spacial score (nSPS) is 10.8. The Balaban J connectivity index is 2.99. The highest BCUT2D eigenvalue weighted by molar-refractivity contribution is 5.74. The summed E-state index contributed by atoms with van der Waals surface area (Å²) in [4.78, 5) is 0.641. The molecule has 0 aliphatic heterocycles. The van der Waals surface area contributed by atoms with Crippen LogP contribution in [0.5, 0.6) is 0 Å². The summed E-state index contributed by atoms with van der Waals surface area (Å²) in [6.45, 7) is 1.96. The molecule has 0 spiro atoms. The van der Waals surface area contributed by atoms with Crippen LogP contribution >= 0.6 is 0 Å². The van der Waals surface area contributed by atoms with Crippen LogP contribution in [0.2, 0.25) is 0 Å². The lowest BCUT2D eigenvalue weighted by atomic mass is 10.2. The number of benzene rings is 1. The third-order valence-electron chi connectivity index (χ3n) is 1.96. The summed E-state index contributed by atoms with van der Waals surface area (Å²) < 4.78 is 1.59. The molecule has 0 atom stereocenters. The maximum Gasteiger partial charge on any atom is 0.202 e. The molecule has 2 aromatic rings. The van der Waals surface area contributed by atoms with Gasteiger partial charge in [0.1, 0.15) is 7.05 Å². The van der Waals surface area contributed by atoms with Gasteiger partial charge in [0.2, 0.25) is 11.0 Å². The molecule has 0 saturated carbocycles. The van der Waals surface area contributed by atoms with Crippen molar-refractivity contribution in [2.45, 2.75) is 6.92 Å².